The van der Waals surface area contributed by atoms with Crippen molar-refractivity contribution in [2.45, 2.75) is 529 Å². The van der Waals surface area contributed by atoms with E-state index < -0.39 is 97.5 Å². The number of carbonyl (C=O) groups excluding carboxylic acids is 4. The molecule has 3 unspecified atom stereocenters. The smallest absolute Gasteiger partial charge is 0.462 e. The molecule has 0 saturated heterocycles. The van der Waals surface area contributed by atoms with E-state index in [1.54, 1.807) is 0 Å². The Bertz CT molecular complexity index is 2150. The van der Waals surface area contributed by atoms with Crippen LogP contribution in [-0.4, -0.2) is 96.7 Å². The molecule has 0 spiro atoms. The van der Waals surface area contributed by atoms with Gasteiger partial charge in [-0.15, -0.1) is 0 Å². The number of ether oxygens (including phenoxy) is 4. The molecular weight excluding hydrogens is 1460 g/mol. The molecule has 0 aliphatic carbocycles. The Labute approximate surface area is 696 Å². The topological polar surface area (TPSA) is 237 Å². The van der Waals surface area contributed by atoms with E-state index in [4.69, 9.17) is 37.0 Å². The minimum atomic E-state index is -4.97. The van der Waals surface area contributed by atoms with Crippen molar-refractivity contribution < 1.29 is 80.2 Å². The molecule has 0 rings (SSSR count). The van der Waals surface area contributed by atoms with Crippen LogP contribution < -0.4 is 0 Å². The van der Waals surface area contributed by atoms with Crippen molar-refractivity contribution in [3.05, 3.63) is 0 Å². The van der Waals surface area contributed by atoms with E-state index in [1.807, 2.05) is 0 Å². The lowest BCUT2D eigenvalue weighted by atomic mass is 10.00. The molecule has 0 aromatic rings. The average molecular weight is 1650 g/mol. The summed E-state index contributed by atoms with van der Waals surface area (Å²) >= 11 is 0. The maximum atomic E-state index is 13.2. The van der Waals surface area contributed by atoms with Crippen LogP contribution in [0.1, 0.15) is 510 Å². The summed E-state index contributed by atoms with van der Waals surface area (Å²) in [6, 6.07) is 0. The van der Waals surface area contributed by atoms with Crippen molar-refractivity contribution in [1.29, 1.82) is 0 Å². The van der Waals surface area contributed by atoms with Gasteiger partial charge in [-0.3, -0.25) is 37.3 Å². The summed E-state index contributed by atoms with van der Waals surface area (Å²) < 4.78 is 69.1. The highest BCUT2D eigenvalue weighted by Crippen LogP contribution is 2.45. The number of phosphoric acid groups is 2. The van der Waals surface area contributed by atoms with Gasteiger partial charge in [0, 0.05) is 25.7 Å². The summed E-state index contributed by atoms with van der Waals surface area (Å²) in [5.74, 6) is -0.556. The summed E-state index contributed by atoms with van der Waals surface area (Å²) in [6.07, 6.45) is 80.9. The van der Waals surface area contributed by atoms with Gasteiger partial charge in [0.1, 0.15) is 19.3 Å². The van der Waals surface area contributed by atoms with Gasteiger partial charge in [-0.1, -0.05) is 459 Å². The standard InChI is InChI=1S/C94H184O17P2/c1-7-10-12-14-16-18-20-22-24-26-28-30-32-34-36-41-45-49-53-57-64-70-76-91(96)104-82-89(110-93(98)78-72-66-58-54-50-46-42-37-35-33-31-29-27-25-23-21-19-17-15-13-11-8-2)84-108-112(100,101)106-80-88(95)81-107-113(102,103)109-85-90(83-105-92(97)77-71-65-61-60-63-69-75-87(6)9-3)111-94(99)79-73-67-59-55-51-47-43-39-38-40-44-48-52-56-62-68-74-86(4)5/h86-90,95H,7-85H2,1-6H3,(H,100,101)(H,102,103)/t87?,88-,89-,90-/m1/s1. The third-order valence-electron chi connectivity index (χ3n) is 22.6. The van der Waals surface area contributed by atoms with Gasteiger partial charge in [0.05, 0.1) is 26.4 Å². The van der Waals surface area contributed by atoms with Crippen LogP contribution in [0.15, 0.2) is 0 Å². The summed E-state index contributed by atoms with van der Waals surface area (Å²) in [4.78, 5) is 73.5. The number of hydrogen-bond acceptors (Lipinski definition) is 15. The number of aliphatic hydroxyl groups is 1. The SMILES string of the molecule is CCCCCCCCCCCCCCCCCCCCCCCCC(=O)OC[C@H](COP(=O)(O)OC[C@@H](O)COP(=O)(O)OC[C@@H](COC(=O)CCCCCCCCC(C)CC)OC(=O)CCCCCCCCCCCCCCCCCCC(C)C)OC(=O)CCCCCCCCCCCCCCCCCCCCCCCC. The molecule has 0 fully saturated rings. The normalized spacial score (nSPS) is 13.9. The molecule has 0 aromatic carbocycles. The number of hydrogen-bond donors (Lipinski definition) is 3. The Morgan fingerprint density at radius 1 is 0.257 bits per heavy atom. The van der Waals surface area contributed by atoms with Crippen molar-refractivity contribution in [3.8, 4) is 0 Å². The monoisotopic (exact) mass is 1650 g/mol. The number of rotatable bonds is 93. The lowest BCUT2D eigenvalue weighted by Gasteiger charge is -2.21. The second-order valence-corrected chi connectivity index (χ2v) is 37.4. The van der Waals surface area contributed by atoms with Crippen LogP contribution in [-0.2, 0) is 65.4 Å². The third-order valence-corrected chi connectivity index (χ3v) is 24.5. The van der Waals surface area contributed by atoms with E-state index in [9.17, 15) is 43.2 Å². The van der Waals surface area contributed by atoms with Gasteiger partial charge in [-0.2, -0.15) is 0 Å². The van der Waals surface area contributed by atoms with Gasteiger partial charge < -0.3 is 33.8 Å². The molecule has 0 aromatic heterocycles. The van der Waals surface area contributed by atoms with Crippen LogP contribution in [0.5, 0.6) is 0 Å². The molecule has 0 bridgehead atoms. The number of carbonyl (C=O) groups is 4. The molecule has 0 saturated carbocycles. The highest BCUT2D eigenvalue weighted by Gasteiger charge is 2.31. The molecule has 0 radical (unpaired) electrons. The summed E-state index contributed by atoms with van der Waals surface area (Å²) in [5.41, 5.74) is 0. The van der Waals surface area contributed by atoms with Crippen molar-refractivity contribution in [2.24, 2.45) is 11.8 Å². The molecule has 672 valence electrons. The van der Waals surface area contributed by atoms with E-state index in [2.05, 4.69) is 41.5 Å². The Morgan fingerprint density at radius 3 is 0.673 bits per heavy atom. The zero-order chi connectivity index (χ0) is 82.7. The maximum Gasteiger partial charge on any atom is 0.472 e. The van der Waals surface area contributed by atoms with Gasteiger partial charge in [0.2, 0.25) is 0 Å². The highest BCUT2D eigenvalue weighted by atomic mass is 31.2. The van der Waals surface area contributed by atoms with Crippen molar-refractivity contribution in [2.75, 3.05) is 39.6 Å². The lowest BCUT2D eigenvalue weighted by Crippen LogP contribution is -2.30. The minimum absolute atomic E-state index is 0.107. The molecule has 3 N–H and O–H groups in total. The van der Waals surface area contributed by atoms with Gasteiger partial charge in [-0.05, 0) is 37.5 Å². The van der Waals surface area contributed by atoms with Gasteiger partial charge >= 0.3 is 39.5 Å². The predicted octanol–water partition coefficient (Wildman–Crippen LogP) is 29.4. The van der Waals surface area contributed by atoms with Crippen LogP contribution in [0.2, 0.25) is 0 Å². The average Bonchev–Trinajstić information content (AvgIpc) is 0.900. The molecule has 113 heavy (non-hydrogen) atoms. The molecule has 19 heteroatoms. The van der Waals surface area contributed by atoms with Crippen molar-refractivity contribution >= 4 is 39.5 Å². The van der Waals surface area contributed by atoms with Gasteiger partial charge in [0.15, 0.2) is 12.2 Å². The fourth-order valence-electron chi connectivity index (χ4n) is 14.8. The van der Waals surface area contributed by atoms with Gasteiger partial charge in [-0.25, -0.2) is 9.13 Å². The van der Waals surface area contributed by atoms with Crippen molar-refractivity contribution in [1.82, 2.24) is 0 Å². The first-order valence-electron chi connectivity index (χ1n) is 48.5. The van der Waals surface area contributed by atoms with E-state index >= 15 is 0 Å². The lowest BCUT2D eigenvalue weighted by molar-refractivity contribution is -0.161. The largest absolute Gasteiger partial charge is 0.472 e. The number of unbranched alkanes of at least 4 members (excludes halogenated alkanes) is 62. The van der Waals surface area contributed by atoms with Crippen LogP contribution in [0.3, 0.4) is 0 Å². The highest BCUT2D eigenvalue weighted by molar-refractivity contribution is 7.47. The van der Waals surface area contributed by atoms with Crippen LogP contribution in [0.25, 0.3) is 0 Å². The first-order chi connectivity index (χ1) is 54.9. The second-order valence-electron chi connectivity index (χ2n) is 34.5. The zero-order valence-electron chi connectivity index (χ0n) is 74.7. The van der Waals surface area contributed by atoms with Crippen LogP contribution >= 0.6 is 15.6 Å². The zero-order valence-corrected chi connectivity index (χ0v) is 76.5. The number of esters is 4. The molecule has 0 heterocycles. The fraction of sp³-hybridized carbons (Fsp3) is 0.957. The molecule has 0 aliphatic rings. The molecule has 17 nitrogen and oxygen atoms in total. The third kappa shape index (κ3) is 86.3. The Morgan fingerprint density at radius 2 is 0.451 bits per heavy atom. The summed E-state index contributed by atoms with van der Waals surface area (Å²) in [6.45, 7) is 9.70. The maximum absolute atomic E-state index is 13.2. The Hall–Kier alpha value is -1.94. The number of aliphatic hydroxyl groups excluding tert-OH is 1. The van der Waals surface area contributed by atoms with E-state index in [1.165, 1.54) is 321 Å². The fourth-order valence-corrected chi connectivity index (χ4v) is 16.4. The van der Waals surface area contributed by atoms with E-state index in [-0.39, 0.29) is 25.7 Å². The molecule has 0 aliphatic heterocycles. The summed E-state index contributed by atoms with van der Waals surface area (Å²) in [5, 5.41) is 10.7. The number of phosphoric ester groups is 2. The Balaban J connectivity index is 5.21. The quantitative estimate of drug-likeness (QED) is 0.0222. The Kier molecular flexibility index (Phi) is 83.6. The van der Waals surface area contributed by atoms with Gasteiger partial charge in [0.25, 0.3) is 0 Å². The predicted molar refractivity (Wildman–Crippen MR) is 469 cm³/mol. The molecular formula is C94H184O17P2. The first-order valence-corrected chi connectivity index (χ1v) is 51.5. The summed E-state index contributed by atoms with van der Waals surface area (Å²) in [7, 11) is -9.94. The van der Waals surface area contributed by atoms with Crippen molar-refractivity contribution in [3.63, 3.8) is 0 Å². The minimum Gasteiger partial charge on any atom is -0.462 e. The van der Waals surface area contributed by atoms with E-state index in [0.29, 0.717) is 25.7 Å². The van der Waals surface area contributed by atoms with Crippen LogP contribution in [0.4, 0.5) is 0 Å². The first kappa shape index (κ1) is 111. The van der Waals surface area contributed by atoms with E-state index in [0.717, 1.165) is 108 Å². The second kappa shape index (κ2) is 85.1. The molecule has 6 atom stereocenters. The van der Waals surface area contributed by atoms with Crippen LogP contribution in [0, 0.1) is 11.8 Å². The molecule has 0 amide bonds.